The van der Waals surface area contributed by atoms with Crippen LogP contribution in [-0.4, -0.2) is 62.8 Å². The fourth-order valence-corrected chi connectivity index (χ4v) is 3.53. The zero-order chi connectivity index (χ0) is 25.4. The Bertz CT molecular complexity index is 1270. The van der Waals surface area contributed by atoms with Gasteiger partial charge in [-0.2, -0.15) is 18.3 Å². The van der Waals surface area contributed by atoms with E-state index in [9.17, 15) is 18.0 Å². The highest BCUT2D eigenvalue weighted by Gasteiger charge is 2.38. The largest absolute Gasteiger partial charge is 0.490 e. The topological polar surface area (TPSA) is 105 Å². The number of halogens is 3. The van der Waals surface area contributed by atoms with Crippen LogP contribution in [0.4, 0.5) is 19.1 Å². The van der Waals surface area contributed by atoms with Crippen LogP contribution < -0.4 is 15.8 Å². The van der Waals surface area contributed by atoms with Crippen molar-refractivity contribution in [2.45, 2.75) is 32.6 Å². The van der Waals surface area contributed by atoms with Crippen LogP contribution in [0.2, 0.25) is 0 Å². The standard InChI is InChI=1S/C21H24N6O.C2HF3O2/c1-2-3-12-26-19-18(24-21(26)25-14-10-22-11-15-25)16-23-27(20(19)28)13-9-17-7-5-4-6-8-17;3-2(4,5)1(6)7/h4-8,16,22H,9-15H2,1H3;(H,6,7). The number of hydrogen-bond donors (Lipinski definition) is 2. The van der Waals surface area contributed by atoms with E-state index in [0.29, 0.717) is 24.1 Å². The summed E-state index contributed by atoms with van der Waals surface area (Å²) in [5.41, 5.74) is 2.29. The van der Waals surface area contributed by atoms with Gasteiger partial charge >= 0.3 is 12.1 Å². The number of carboxylic acid groups (broad SMARTS) is 1. The van der Waals surface area contributed by atoms with Gasteiger partial charge in [0.25, 0.3) is 5.56 Å². The minimum Gasteiger partial charge on any atom is -0.475 e. The third kappa shape index (κ3) is 6.60. The lowest BCUT2D eigenvalue weighted by atomic mass is 10.1. The lowest BCUT2D eigenvalue weighted by Crippen LogP contribution is -2.44. The second kappa shape index (κ2) is 11.5. The number of benzene rings is 1. The molecule has 0 bridgehead atoms. The third-order valence-corrected chi connectivity index (χ3v) is 5.24. The molecule has 1 aromatic carbocycles. The molecule has 3 heterocycles. The highest BCUT2D eigenvalue weighted by molar-refractivity contribution is 5.77. The SMILES string of the molecule is CC#CCn1c(N2CCNCC2)nc2cnn(CCc3ccccc3)c(=O)c21.O=C(O)C(F)(F)F. The molecule has 2 N–H and O–H groups in total. The van der Waals surface area contributed by atoms with Crippen molar-refractivity contribution in [1.29, 1.82) is 0 Å². The molecule has 0 unspecified atom stereocenters. The van der Waals surface area contributed by atoms with Crippen LogP contribution in [-0.2, 0) is 24.3 Å². The summed E-state index contributed by atoms with van der Waals surface area (Å²) in [6.07, 6.45) is -2.63. The van der Waals surface area contributed by atoms with Crippen LogP contribution in [0.15, 0.2) is 41.3 Å². The number of aromatic nitrogens is 4. The fraction of sp³-hybridized carbons (Fsp3) is 0.391. The van der Waals surface area contributed by atoms with E-state index >= 15 is 0 Å². The molecule has 3 aromatic rings. The molecular formula is C23H25F3N6O3. The third-order valence-electron chi connectivity index (χ3n) is 5.24. The van der Waals surface area contributed by atoms with E-state index in [0.717, 1.165) is 38.5 Å². The predicted molar refractivity (Wildman–Crippen MR) is 124 cm³/mol. The van der Waals surface area contributed by atoms with E-state index < -0.39 is 12.1 Å². The van der Waals surface area contributed by atoms with Crippen molar-refractivity contribution in [3.8, 4) is 11.8 Å². The van der Waals surface area contributed by atoms with Gasteiger partial charge in [0.2, 0.25) is 5.95 Å². The minimum absolute atomic E-state index is 0.111. The summed E-state index contributed by atoms with van der Waals surface area (Å²) in [6, 6.07) is 10.1. The van der Waals surface area contributed by atoms with Gasteiger partial charge in [0, 0.05) is 32.7 Å². The molecule has 12 heteroatoms. The molecule has 1 fully saturated rings. The molecule has 0 aliphatic carbocycles. The first-order valence-corrected chi connectivity index (χ1v) is 10.9. The highest BCUT2D eigenvalue weighted by Crippen LogP contribution is 2.20. The summed E-state index contributed by atoms with van der Waals surface area (Å²) >= 11 is 0. The van der Waals surface area contributed by atoms with Crippen LogP contribution in [0.25, 0.3) is 11.0 Å². The number of fused-ring (bicyclic) bond motifs is 1. The van der Waals surface area contributed by atoms with Gasteiger partial charge in [0.1, 0.15) is 11.0 Å². The number of nitrogens with one attached hydrogen (secondary N) is 1. The number of aliphatic carboxylic acids is 1. The van der Waals surface area contributed by atoms with Gasteiger partial charge in [-0.3, -0.25) is 9.36 Å². The summed E-state index contributed by atoms with van der Waals surface area (Å²) in [6.45, 7) is 6.32. The number of carboxylic acids is 1. The van der Waals surface area contributed by atoms with Crippen molar-refractivity contribution in [3.63, 3.8) is 0 Å². The molecule has 0 atom stereocenters. The van der Waals surface area contributed by atoms with Crippen LogP contribution in [0.5, 0.6) is 0 Å². The van der Waals surface area contributed by atoms with Gasteiger partial charge in [-0.15, -0.1) is 5.92 Å². The molecule has 1 aliphatic rings. The van der Waals surface area contributed by atoms with Gasteiger partial charge in [-0.05, 0) is 18.9 Å². The van der Waals surface area contributed by atoms with Gasteiger partial charge in [0.05, 0.1) is 12.7 Å². The lowest BCUT2D eigenvalue weighted by molar-refractivity contribution is -0.192. The quantitative estimate of drug-likeness (QED) is 0.527. The number of hydrogen-bond acceptors (Lipinski definition) is 6. The molecule has 0 radical (unpaired) electrons. The van der Waals surface area contributed by atoms with Gasteiger partial charge in [0.15, 0.2) is 0 Å². The second-order valence-corrected chi connectivity index (χ2v) is 7.61. The van der Waals surface area contributed by atoms with Crippen molar-refractivity contribution in [2.75, 3.05) is 31.1 Å². The maximum atomic E-state index is 13.2. The van der Waals surface area contributed by atoms with E-state index in [4.69, 9.17) is 14.9 Å². The average Bonchev–Trinajstić information content (AvgIpc) is 3.22. The van der Waals surface area contributed by atoms with Crippen molar-refractivity contribution in [2.24, 2.45) is 0 Å². The Labute approximate surface area is 199 Å². The smallest absolute Gasteiger partial charge is 0.475 e. The Morgan fingerprint density at radius 1 is 1.20 bits per heavy atom. The Balaban J connectivity index is 0.000000429. The van der Waals surface area contributed by atoms with Crippen LogP contribution in [0, 0.1) is 11.8 Å². The van der Waals surface area contributed by atoms with E-state index in [1.54, 1.807) is 6.20 Å². The number of nitrogens with zero attached hydrogens (tertiary/aromatic N) is 5. The summed E-state index contributed by atoms with van der Waals surface area (Å²) < 4.78 is 35.2. The molecule has 2 aromatic heterocycles. The van der Waals surface area contributed by atoms with E-state index in [1.807, 2.05) is 29.7 Å². The van der Waals surface area contributed by atoms with Crippen LogP contribution >= 0.6 is 0 Å². The summed E-state index contributed by atoms with van der Waals surface area (Å²) in [4.78, 5) is 29.0. The van der Waals surface area contributed by atoms with Gasteiger partial charge in [-0.1, -0.05) is 36.3 Å². The number of alkyl halides is 3. The molecule has 35 heavy (non-hydrogen) atoms. The van der Waals surface area contributed by atoms with Crippen LogP contribution in [0.1, 0.15) is 12.5 Å². The van der Waals surface area contributed by atoms with Crippen molar-refractivity contribution in [1.82, 2.24) is 24.6 Å². The fourth-order valence-electron chi connectivity index (χ4n) is 3.53. The number of imidazole rings is 1. The molecule has 1 aliphatic heterocycles. The first kappa shape index (κ1) is 25.8. The lowest BCUT2D eigenvalue weighted by Gasteiger charge is -2.28. The number of piperazine rings is 1. The molecule has 0 amide bonds. The molecular weight excluding hydrogens is 465 g/mol. The number of carbonyl (C=O) groups is 1. The summed E-state index contributed by atoms with van der Waals surface area (Å²) in [5.74, 6) is 4.06. The Hall–Kier alpha value is -3.85. The second-order valence-electron chi connectivity index (χ2n) is 7.61. The molecule has 9 nitrogen and oxygen atoms in total. The summed E-state index contributed by atoms with van der Waals surface area (Å²) in [7, 11) is 0. The Morgan fingerprint density at radius 3 is 2.46 bits per heavy atom. The predicted octanol–water partition coefficient (Wildman–Crippen LogP) is 1.90. The van der Waals surface area contributed by atoms with Gasteiger partial charge in [-0.25, -0.2) is 14.5 Å². The zero-order valence-corrected chi connectivity index (χ0v) is 19.0. The number of aryl methyl sites for hydroxylation is 2. The molecule has 1 saturated heterocycles. The maximum Gasteiger partial charge on any atom is 0.490 e. The van der Waals surface area contributed by atoms with E-state index in [-0.39, 0.29) is 5.56 Å². The van der Waals surface area contributed by atoms with E-state index in [2.05, 4.69) is 39.3 Å². The molecule has 4 rings (SSSR count). The summed E-state index contributed by atoms with van der Waals surface area (Å²) in [5, 5.41) is 14.8. The van der Waals surface area contributed by atoms with Gasteiger partial charge < -0.3 is 15.3 Å². The van der Waals surface area contributed by atoms with Crippen molar-refractivity contribution < 1.29 is 23.1 Å². The van der Waals surface area contributed by atoms with Crippen molar-refractivity contribution >= 4 is 23.0 Å². The average molecular weight is 490 g/mol. The molecule has 0 saturated carbocycles. The molecule has 186 valence electrons. The van der Waals surface area contributed by atoms with E-state index in [1.165, 1.54) is 10.2 Å². The maximum absolute atomic E-state index is 13.2. The number of rotatable bonds is 5. The zero-order valence-electron chi connectivity index (χ0n) is 19.0. The Morgan fingerprint density at radius 2 is 1.86 bits per heavy atom. The normalized spacial score (nSPS) is 13.5. The van der Waals surface area contributed by atoms with Crippen molar-refractivity contribution in [3.05, 3.63) is 52.4 Å². The Kier molecular flexibility index (Phi) is 8.48. The van der Waals surface area contributed by atoms with Crippen LogP contribution in [0.3, 0.4) is 0 Å². The minimum atomic E-state index is -5.08. The monoisotopic (exact) mass is 490 g/mol. The highest BCUT2D eigenvalue weighted by atomic mass is 19.4. The molecule has 0 spiro atoms. The number of anilines is 1. The first-order chi connectivity index (χ1) is 16.7. The first-order valence-electron chi connectivity index (χ1n) is 10.9.